The Morgan fingerprint density at radius 3 is 1.64 bits per heavy atom. The maximum Gasteiger partial charge on any atom is 0.414 e. The van der Waals surface area contributed by atoms with Gasteiger partial charge in [0, 0.05) is 13.1 Å². The average Bonchev–Trinajstić information content (AvgIpc) is 1.90. The fourth-order valence-corrected chi connectivity index (χ4v) is 0.0645. The van der Waals surface area contributed by atoms with Crippen molar-refractivity contribution < 1.29 is 25.0 Å². The minimum absolute atomic E-state index is 0.472. The maximum atomic E-state index is 9.10. The summed E-state index contributed by atoms with van der Waals surface area (Å²) in [6.45, 7) is 0.955. The third-order valence-electron chi connectivity index (χ3n) is 0.439. The van der Waals surface area contributed by atoms with Crippen LogP contribution in [0.4, 0.5) is 0 Å². The number of nitrogens with one attached hydrogen (secondary N) is 1. The van der Waals surface area contributed by atoms with E-state index in [1.807, 2.05) is 5.48 Å². The lowest BCUT2D eigenvalue weighted by molar-refractivity contribution is -0.159. The van der Waals surface area contributed by atoms with Crippen molar-refractivity contribution in [1.29, 1.82) is 0 Å². The first-order chi connectivity index (χ1) is 5.06. The van der Waals surface area contributed by atoms with Gasteiger partial charge in [-0.3, -0.25) is 0 Å². The van der Waals surface area contributed by atoms with Crippen LogP contribution in [0.3, 0.4) is 0 Å². The second-order valence-electron chi connectivity index (χ2n) is 1.31. The first kappa shape index (κ1) is 12.5. The van der Waals surface area contributed by atoms with Gasteiger partial charge >= 0.3 is 11.9 Å². The number of rotatable bonds is 2. The molecule has 0 aliphatic carbocycles. The van der Waals surface area contributed by atoms with Crippen molar-refractivity contribution in [1.82, 2.24) is 5.48 Å². The third kappa shape index (κ3) is 17.7. The Morgan fingerprint density at radius 1 is 1.27 bits per heavy atom. The topological polar surface area (TPSA) is 133 Å². The van der Waals surface area contributed by atoms with Gasteiger partial charge in [0.15, 0.2) is 0 Å². The molecule has 0 saturated carbocycles. The summed E-state index contributed by atoms with van der Waals surface area (Å²) in [6.07, 6.45) is 0. The lowest BCUT2D eigenvalue weighted by Crippen LogP contribution is -2.17. The molecule has 0 heterocycles. The number of hydrogen-bond donors (Lipinski definition) is 5. The quantitative estimate of drug-likeness (QED) is 0.238. The van der Waals surface area contributed by atoms with Gasteiger partial charge < -0.3 is 21.2 Å². The summed E-state index contributed by atoms with van der Waals surface area (Å²) in [5.41, 5.74) is 6.81. The Labute approximate surface area is 62.4 Å². The Balaban J connectivity index is 0. The van der Waals surface area contributed by atoms with E-state index in [1.165, 1.54) is 0 Å². The van der Waals surface area contributed by atoms with Crippen molar-refractivity contribution in [3.63, 3.8) is 0 Å². The largest absolute Gasteiger partial charge is 0.473 e. The van der Waals surface area contributed by atoms with Crippen molar-refractivity contribution in [2.45, 2.75) is 0 Å². The van der Waals surface area contributed by atoms with Crippen molar-refractivity contribution in [2.24, 2.45) is 5.73 Å². The van der Waals surface area contributed by atoms with Crippen LogP contribution in [0.25, 0.3) is 0 Å². The van der Waals surface area contributed by atoms with Crippen LogP contribution >= 0.6 is 0 Å². The van der Waals surface area contributed by atoms with E-state index in [4.69, 9.17) is 30.7 Å². The molecule has 0 aromatic rings. The van der Waals surface area contributed by atoms with Gasteiger partial charge in [-0.2, -0.15) is 0 Å². The van der Waals surface area contributed by atoms with E-state index in [0.29, 0.717) is 13.1 Å². The molecule has 7 nitrogen and oxygen atoms in total. The maximum absolute atomic E-state index is 9.10. The highest BCUT2D eigenvalue weighted by Crippen LogP contribution is 1.56. The zero-order valence-electron chi connectivity index (χ0n) is 5.65. The summed E-state index contributed by atoms with van der Waals surface area (Å²) < 4.78 is 0. The Kier molecular flexibility index (Phi) is 10.0. The second-order valence-corrected chi connectivity index (χ2v) is 1.31. The van der Waals surface area contributed by atoms with Crippen LogP contribution in [0, 0.1) is 0 Å². The molecule has 0 aliphatic rings. The van der Waals surface area contributed by atoms with Crippen LogP contribution in [0.15, 0.2) is 0 Å². The van der Waals surface area contributed by atoms with Gasteiger partial charge in [-0.05, 0) is 0 Å². The van der Waals surface area contributed by atoms with Crippen molar-refractivity contribution in [3.05, 3.63) is 0 Å². The molecule has 0 radical (unpaired) electrons. The molecule has 0 rings (SSSR count). The van der Waals surface area contributed by atoms with Crippen LogP contribution in [-0.4, -0.2) is 40.4 Å². The second kappa shape index (κ2) is 8.82. The number of hydroxylamine groups is 1. The van der Waals surface area contributed by atoms with Crippen LogP contribution in [0.1, 0.15) is 0 Å². The first-order valence-corrected chi connectivity index (χ1v) is 2.59. The van der Waals surface area contributed by atoms with E-state index in [-0.39, 0.29) is 0 Å². The summed E-state index contributed by atoms with van der Waals surface area (Å²) >= 11 is 0. The Morgan fingerprint density at radius 2 is 1.64 bits per heavy atom. The molecule has 0 unspecified atom stereocenters. The zero-order chi connectivity index (χ0) is 9.28. The van der Waals surface area contributed by atoms with E-state index < -0.39 is 11.9 Å². The molecule has 6 N–H and O–H groups in total. The summed E-state index contributed by atoms with van der Waals surface area (Å²) in [6, 6.07) is 0. The van der Waals surface area contributed by atoms with Crippen LogP contribution in [-0.2, 0) is 9.59 Å². The molecule has 0 amide bonds. The van der Waals surface area contributed by atoms with E-state index in [9.17, 15) is 0 Å². The lowest BCUT2D eigenvalue weighted by atomic mass is 10.7. The number of carboxylic acids is 2. The standard InChI is InChI=1S/C2H8N2O.C2H2O4/c3-1-2-4-5;3-1(4)2(5)6/h4-5H,1-3H2;(H,3,4)(H,5,6). The number of carbonyl (C=O) groups is 2. The number of hydrogen-bond acceptors (Lipinski definition) is 5. The molecule has 0 fully saturated rings. The Hall–Kier alpha value is -1.18. The molecule has 0 aliphatic heterocycles. The fraction of sp³-hybridized carbons (Fsp3) is 0.500. The van der Waals surface area contributed by atoms with Crippen LogP contribution in [0.5, 0.6) is 0 Å². The van der Waals surface area contributed by atoms with Crippen molar-refractivity contribution in [3.8, 4) is 0 Å². The molecule has 66 valence electrons. The van der Waals surface area contributed by atoms with Crippen molar-refractivity contribution >= 4 is 11.9 Å². The third-order valence-corrected chi connectivity index (χ3v) is 0.439. The van der Waals surface area contributed by atoms with Gasteiger partial charge in [0.1, 0.15) is 0 Å². The van der Waals surface area contributed by atoms with E-state index in [2.05, 4.69) is 0 Å². The van der Waals surface area contributed by atoms with Gasteiger partial charge in [0.25, 0.3) is 0 Å². The van der Waals surface area contributed by atoms with Gasteiger partial charge in [-0.1, -0.05) is 0 Å². The molecule has 7 heteroatoms. The molecular formula is C4H10N2O5. The predicted octanol–water partition coefficient (Wildman–Crippen LogP) is -1.92. The molecule has 11 heavy (non-hydrogen) atoms. The fourth-order valence-electron chi connectivity index (χ4n) is 0.0645. The molecule has 0 atom stereocenters. The summed E-state index contributed by atoms with van der Waals surface area (Å²) in [5, 5.41) is 22.5. The smallest absolute Gasteiger partial charge is 0.414 e. The number of nitrogens with two attached hydrogens (primary N) is 1. The molecule has 0 saturated heterocycles. The summed E-state index contributed by atoms with van der Waals surface area (Å²) in [7, 11) is 0. The van der Waals surface area contributed by atoms with Crippen LogP contribution in [0.2, 0.25) is 0 Å². The lowest BCUT2D eigenvalue weighted by Gasteiger charge is -1.84. The highest BCUT2D eigenvalue weighted by atomic mass is 16.5. The van der Waals surface area contributed by atoms with Crippen LogP contribution < -0.4 is 11.2 Å². The van der Waals surface area contributed by atoms with Gasteiger partial charge in [0.2, 0.25) is 0 Å². The highest BCUT2D eigenvalue weighted by Gasteiger charge is 2.04. The van der Waals surface area contributed by atoms with Crippen molar-refractivity contribution in [2.75, 3.05) is 13.1 Å². The normalized spacial score (nSPS) is 7.82. The number of aliphatic carboxylic acids is 2. The summed E-state index contributed by atoms with van der Waals surface area (Å²) in [5.74, 6) is -3.65. The monoisotopic (exact) mass is 166 g/mol. The molecular weight excluding hydrogens is 156 g/mol. The van der Waals surface area contributed by atoms with E-state index in [0.717, 1.165) is 0 Å². The predicted molar refractivity (Wildman–Crippen MR) is 34.1 cm³/mol. The first-order valence-electron chi connectivity index (χ1n) is 2.59. The summed E-state index contributed by atoms with van der Waals surface area (Å²) in [4.78, 5) is 18.2. The minimum atomic E-state index is -1.82. The Bertz CT molecular complexity index is 112. The molecule has 0 bridgehead atoms. The van der Waals surface area contributed by atoms with E-state index in [1.54, 1.807) is 0 Å². The van der Waals surface area contributed by atoms with Gasteiger partial charge in [-0.25, -0.2) is 15.1 Å². The van der Waals surface area contributed by atoms with Gasteiger partial charge in [-0.15, -0.1) is 0 Å². The molecule has 0 spiro atoms. The number of carboxylic acid groups (broad SMARTS) is 2. The average molecular weight is 166 g/mol. The minimum Gasteiger partial charge on any atom is -0.473 e. The molecule has 0 aromatic heterocycles. The SMILES string of the molecule is NCCNO.O=C(O)C(=O)O. The van der Waals surface area contributed by atoms with Gasteiger partial charge in [0.05, 0.1) is 0 Å². The van der Waals surface area contributed by atoms with E-state index >= 15 is 0 Å². The highest BCUT2D eigenvalue weighted by molar-refractivity contribution is 6.27. The zero-order valence-corrected chi connectivity index (χ0v) is 5.65. The molecule has 0 aromatic carbocycles.